The van der Waals surface area contributed by atoms with Crippen molar-refractivity contribution in [1.82, 2.24) is 15.6 Å². The van der Waals surface area contributed by atoms with Crippen LogP contribution < -0.4 is 10.5 Å². The Morgan fingerprint density at radius 2 is 2.15 bits per heavy atom. The molecule has 0 aliphatic rings. The minimum atomic E-state index is -3.48. The van der Waals surface area contributed by atoms with Gasteiger partial charge in [-0.25, -0.2) is 22.6 Å². The lowest BCUT2D eigenvalue weighted by Crippen LogP contribution is -2.27. The molecule has 0 spiro atoms. The summed E-state index contributed by atoms with van der Waals surface area (Å²) in [6.45, 7) is 0.796. The summed E-state index contributed by atoms with van der Waals surface area (Å²) in [6, 6.07) is 4.47. The number of aromatic nitrogens is 2. The van der Waals surface area contributed by atoms with Gasteiger partial charge in [0.05, 0.1) is 10.2 Å². The molecule has 0 amide bonds. The third kappa shape index (κ3) is 6.97. The number of hydrogen-bond donors (Lipinski definition) is 3. The van der Waals surface area contributed by atoms with Crippen molar-refractivity contribution in [2.75, 3.05) is 18.8 Å². The summed E-state index contributed by atoms with van der Waals surface area (Å²) in [5, 5.41) is 28.1. The summed E-state index contributed by atoms with van der Waals surface area (Å²) in [5.74, 6) is -0.529. The molecule has 12 heteroatoms. The van der Waals surface area contributed by atoms with E-state index in [4.69, 9.17) is 9.77 Å². The number of halogens is 2. The highest BCUT2D eigenvalue weighted by Crippen LogP contribution is 2.19. The summed E-state index contributed by atoms with van der Waals surface area (Å²) in [5.41, 5.74) is 1.79. The van der Waals surface area contributed by atoms with Crippen LogP contribution in [0.5, 0.6) is 0 Å². The van der Waals surface area contributed by atoms with Crippen molar-refractivity contribution in [3.8, 4) is 0 Å². The fourth-order valence-corrected chi connectivity index (χ4v) is 3.17. The molecule has 148 valence electrons. The van der Waals surface area contributed by atoms with Gasteiger partial charge in [0.15, 0.2) is 5.69 Å². The van der Waals surface area contributed by atoms with E-state index in [2.05, 4.69) is 36.7 Å². The van der Waals surface area contributed by atoms with Gasteiger partial charge in [-0.3, -0.25) is 0 Å². The standard InChI is InChI=1S/C15H19BrFN5O4S/c16-11-8-10(3-4-12(11)17)9-14(20-23)15-13(21-26-22-15)2-1-5-19-6-7-27(18,24)25/h3-4,8,19,23H,1-2,5-7,9H2,(H2,18,24,25)/b20-14+. The van der Waals surface area contributed by atoms with Crippen molar-refractivity contribution >= 4 is 31.7 Å². The van der Waals surface area contributed by atoms with E-state index in [0.717, 1.165) is 5.56 Å². The molecule has 0 aliphatic carbocycles. The Kier molecular flexibility index (Phi) is 7.83. The second-order valence-electron chi connectivity index (χ2n) is 5.75. The number of nitrogens with one attached hydrogen (secondary N) is 1. The number of nitrogens with two attached hydrogens (primary N) is 1. The first kappa shape index (κ1) is 21.4. The monoisotopic (exact) mass is 463 g/mol. The van der Waals surface area contributed by atoms with Crippen LogP contribution >= 0.6 is 15.9 Å². The Morgan fingerprint density at radius 3 is 2.81 bits per heavy atom. The lowest BCUT2D eigenvalue weighted by molar-refractivity contribution is 0.300. The van der Waals surface area contributed by atoms with Crippen LogP contribution in [0.15, 0.2) is 32.5 Å². The lowest BCUT2D eigenvalue weighted by atomic mass is 10.0. The van der Waals surface area contributed by atoms with Crippen LogP contribution in [-0.4, -0.2) is 48.5 Å². The van der Waals surface area contributed by atoms with Crippen LogP contribution in [0.25, 0.3) is 0 Å². The van der Waals surface area contributed by atoms with E-state index in [-0.39, 0.29) is 30.2 Å². The van der Waals surface area contributed by atoms with Crippen molar-refractivity contribution in [1.29, 1.82) is 0 Å². The van der Waals surface area contributed by atoms with Gasteiger partial charge in [0.2, 0.25) is 10.0 Å². The topological polar surface area (TPSA) is 144 Å². The SMILES string of the molecule is NS(=O)(=O)CCNCCCc1nonc1/C(Cc1ccc(F)c(Br)c1)=N/O. The van der Waals surface area contributed by atoms with Gasteiger partial charge in [0.25, 0.3) is 0 Å². The molecule has 1 heterocycles. The number of primary sulfonamides is 1. The van der Waals surface area contributed by atoms with Gasteiger partial charge in [0, 0.05) is 13.0 Å². The minimum absolute atomic E-state index is 0.141. The molecule has 0 unspecified atom stereocenters. The average molecular weight is 464 g/mol. The lowest BCUT2D eigenvalue weighted by Gasteiger charge is -2.05. The van der Waals surface area contributed by atoms with Gasteiger partial charge < -0.3 is 10.5 Å². The van der Waals surface area contributed by atoms with Crippen molar-refractivity contribution < 1.29 is 22.6 Å². The van der Waals surface area contributed by atoms with E-state index in [0.29, 0.717) is 35.2 Å². The third-order valence-electron chi connectivity index (χ3n) is 3.64. The van der Waals surface area contributed by atoms with Crippen LogP contribution in [0, 0.1) is 5.82 Å². The zero-order valence-corrected chi connectivity index (χ0v) is 16.6. The Labute approximate surface area is 164 Å². The first-order chi connectivity index (χ1) is 12.8. The number of nitrogens with zero attached hydrogens (tertiary/aromatic N) is 3. The molecule has 0 saturated heterocycles. The van der Waals surface area contributed by atoms with Gasteiger partial charge >= 0.3 is 0 Å². The fourth-order valence-electron chi connectivity index (χ4n) is 2.32. The maximum absolute atomic E-state index is 13.3. The largest absolute Gasteiger partial charge is 0.411 e. The molecular weight excluding hydrogens is 445 g/mol. The molecule has 2 aromatic rings. The molecule has 0 aliphatic heterocycles. The summed E-state index contributed by atoms with van der Waals surface area (Å²) < 4.78 is 40.1. The Morgan fingerprint density at radius 1 is 1.37 bits per heavy atom. The maximum atomic E-state index is 13.3. The Balaban J connectivity index is 1.92. The molecular formula is C15H19BrFN5O4S. The predicted octanol–water partition coefficient (Wildman–Crippen LogP) is 1.20. The zero-order valence-electron chi connectivity index (χ0n) is 14.2. The Bertz CT molecular complexity index is 903. The number of sulfonamides is 1. The smallest absolute Gasteiger partial charge is 0.210 e. The normalized spacial score (nSPS) is 12.5. The number of rotatable bonds is 10. The number of oxime groups is 1. The van der Waals surface area contributed by atoms with Crippen LogP contribution in [0.2, 0.25) is 0 Å². The van der Waals surface area contributed by atoms with Crippen molar-refractivity contribution in [3.05, 3.63) is 45.4 Å². The number of benzene rings is 1. The van der Waals surface area contributed by atoms with E-state index < -0.39 is 10.0 Å². The molecule has 1 aromatic heterocycles. The summed E-state index contributed by atoms with van der Waals surface area (Å²) in [4.78, 5) is 0. The molecule has 0 saturated carbocycles. The fraction of sp³-hybridized carbons (Fsp3) is 0.400. The summed E-state index contributed by atoms with van der Waals surface area (Å²) in [7, 11) is -3.48. The molecule has 0 atom stereocenters. The molecule has 1 aromatic carbocycles. The summed E-state index contributed by atoms with van der Waals surface area (Å²) in [6.07, 6.45) is 1.32. The zero-order chi connectivity index (χ0) is 19.9. The first-order valence-corrected chi connectivity index (χ1v) is 10.5. The van der Waals surface area contributed by atoms with Crippen molar-refractivity contribution in [2.24, 2.45) is 10.3 Å². The second kappa shape index (κ2) is 9.88. The van der Waals surface area contributed by atoms with Gasteiger partial charge in [-0.1, -0.05) is 16.4 Å². The van der Waals surface area contributed by atoms with E-state index >= 15 is 0 Å². The van der Waals surface area contributed by atoms with Gasteiger partial charge in [-0.2, -0.15) is 0 Å². The van der Waals surface area contributed by atoms with Crippen LogP contribution in [0.3, 0.4) is 0 Å². The van der Waals surface area contributed by atoms with Crippen LogP contribution in [0.1, 0.15) is 23.4 Å². The van der Waals surface area contributed by atoms with E-state index in [1.165, 1.54) is 6.07 Å². The maximum Gasteiger partial charge on any atom is 0.210 e. The minimum Gasteiger partial charge on any atom is -0.411 e. The molecule has 0 fully saturated rings. The average Bonchev–Trinajstić information content (AvgIpc) is 3.06. The van der Waals surface area contributed by atoms with Crippen molar-refractivity contribution in [3.63, 3.8) is 0 Å². The number of hydrogen-bond acceptors (Lipinski definition) is 8. The molecule has 4 N–H and O–H groups in total. The summed E-state index contributed by atoms with van der Waals surface area (Å²) >= 11 is 3.11. The second-order valence-corrected chi connectivity index (χ2v) is 8.34. The van der Waals surface area contributed by atoms with Crippen LogP contribution in [0.4, 0.5) is 4.39 Å². The Hall–Kier alpha value is -1.89. The van der Waals surface area contributed by atoms with Crippen LogP contribution in [-0.2, 0) is 22.9 Å². The quantitative estimate of drug-likeness (QED) is 0.208. The highest BCUT2D eigenvalue weighted by Gasteiger charge is 2.18. The molecule has 27 heavy (non-hydrogen) atoms. The predicted molar refractivity (Wildman–Crippen MR) is 99.6 cm³/mol. The highest BCUT2D eigenvalue weighted by atomic mass is 79.9. The first-order valence-electron chi connectivity index (χ1n) is 7.98. The van der Waals surface area contributed by atoms with E-state index in [9.17, 15) is 18.0 Å². The highest BCUT2D eigenvalue weighted by molar-refractivity contribution is 9.10. The van der Waals surface area contributed by atoms with Gasteiger partial charge in [-0.15, -0.1) is 0 Å². The molecule has 2 rings (SSSR count). The molecule has 0 radical (unpaired) electrons. The third-order valence-corrected chi connectivity index (χ3v) is 5.02. The van der Waals surface area contributed by atoms with Crippen molar-refractivity contribution in [2.45, 2.75) is 19.3 Å². The molecule has 9 nitrogen and oxygen atoms in total. The van der Waals surface area contributed by atoms with E-state index in [1.54, 1.807) is 12.1 Å². The number of aryl methyl sites for hydroxylation is 1. The van der Waals surface area contributed by atoms with Gasteiger partial charge in [0.1, 0.15) is 17.2 Å². The molecule has 0 bridgehead atoms. The van der Waals surface area contributed by atoms with Gasteiger partial charge in [-0.05, 0) is 58.2 Å². The van der Waals surface area contributed by atoms with E-state index in [1.807, 2.05) is 0 Å².